The molecule has 6 heterocycles. The number of nitrogens with zero attached hydrogens (tertiary/aromatic N) is 6. The highest BCUT2D eigenvalue weighted by molar-refractivity contribution is 5.89. The number of aromatic amines is 2. The molecule has 4 fully saturated rings. The number of likely N-dealkylation sites (tertiary alicyclic amines) is 2. The lowest BCUT2D eigenvalue weighted by molar-refractivity contribution is -0.139. The molecule has 410 valence electrons. The Balaban J connectivity index is 0.959. The zero-order chi connectivity index (χ0) is 54.2. The number of aliphatic hydroxyl groups is 1. The summed E-state index contributed by atoms with van der Waals surface area (Å²) in [4.78, 5) is 63.8. The molecule has 0 aliphatic carbocycles. The van der Waals surface area contributed by atoms with Crippen molar-refractivity contribution in [3.8, 4) is 0 Å². The first kappa shape index (κ1) is 53.7. The van der Waals surface area contributed by atoms with Crippen LogP contribution in [-0.4, -0.2) is 118 Å². The molecule has 19 heteroatoms. The molecule has 77 heavy (non-hydrogen) atoms. The van der Waals surface area contributed by atoms with Crippen molar-refractivity contribution in [1.82, 2.24) is 40.4 Å². The number of H-pyrrole nitrogens is 2. The quantitative estimate of drug-likeness (QED) is 0.0622. The minimum Gasteiger partial charge on any atom is -0.453 e. The fraction of sp³-hybridized carbons (Fsp3) is 0.500. The molecule has 7 atom stereocenters. The van der Waals surface area contributed by atoms with Crippen LogP contribution in [0, 0.1) is 29.3 Å². The fourth-order valence-corrected chi connectivity index (χ4v) is 12.6. The van der Waals surface area contributed by atoms with E-state index in [9.17, 15) is 23.9 Å². The number of aromatic nitrogens is 4. The van der Waals surface area contributed by atoms with Gasteiger partial charge in [-0.15, -0.1) is 0 Å². The molecule has 0 bridgehead atoms. The highest BCUT2D eigenvalue weighted by Crippen LogP contribution is 2.49. The van der Waals surface area contributed by atoms with Crippen LogP contribution in [-0.2, 0) is 19.1 Å². The molecule has 4 aliphatic rings. The number of fused-ring (bicyclic) bond motifs is 2. The first-order chi connectivity index (χ1) is 37.1. The Bertz CT molecular complexity index is 3060. The van der Waals surface area contributed by atoms with Gasteiger partial charge in [0.05, 0.1) is 59.4 Å². The number of halogens is 3. The van der Waals surface area contributed by atoms with Crippen LogP contribution in [0.15, 0.2) is 72.8 Å². The van der Waals surface area contributed by atoms with Gasteiger partial charge in [0.25, 0.3) is 0 Å². The largest absolute Gasteiger partial charge is 0.453 e. The zero-order valence-electron chi connectivity index (χ0n) is 44.7. The molecule has 4 aromatic carbocycles. The third-order valence-corrected chi connectivity index (χ3v) is 16.5. The molecular formula is C58H71F3N10O6. The number of imidazole rings is 2. The van der Waals surface area contributed by atoms with E-state index in [-0.39, 0.29) is 71.8 Å². The number of alkyl carbamates (subject to hydrolysis) is 1. The van der Waals surface area contributed by atoms with E-state index in [0.717, 1.165) is 47.0 Å². The van der Waals surface area contributed by atoms with Crippen molar-refractivity contribution in [3.05, 3.63) is 119 Å². The van der Waals surface area contributed by atoms with Gasteiger partial charge < -0.3 is 49.9 Å². The smallest absolute Gasteiger partial charge is 0.407 e. The molecule has 5 N–H and O–H groups in total. The lowest BCUT2D eigenvalue weighted by Crippen LogP contribution is -2.54. The third kappa shape index (κ3) is 11.0. The van der Waals surface area contributed by atoms with E-state index in [1.807, 2.05) is 69.0 Å². The van der Waals surface area contributed by atoms with E-state index in [1.54, 1.807) is 21.9 Å². The van der Waals surface area contributed by atoms with Crippen molar-refractivity contribution in [2.24, 2.45) is 11.8 Å². The molecule has 0 spiro atoms. The van der Waals surface area contributed by atoms with Gasteiger partial charge in [-0.05, 0) is 134 Å². The molecule has 1 unspecified atom stereocenters. The van der Waals surface area contributed by atoms with Crippen molar-refractivity contribution in [2.75, 3.05) is 56.8 Å². The summed E-state index contributed by atoms with van der Waals surface area (Å²) in [5, 5.41) is 17.4. The Morgan fingerprint density at radius 1 is 0.688 bits per heavy atom. The molecule has 6 aromatic rings. The number of anilines is 2. The highest BCUT2D eigenvalue weighted by Gasteiger charge is 2.41. The van der Waals surface area contributed by atoms with Gasteiger partial charge >= 0.3 is 6.09 Å². The highest BCUT2D eigenvalue weighted by atomic mass is 19.1. The number of hydrogen-bond acceptors (Lipinski definition) is 11. The van der Waals surface area contributed by atoms with E-state index in [4.69, 9.17) is 19.4 Å². The van der Waals surface area contributed by atoms with Gasteiger partial charge in [0.1, 0.15) is 42.0 Å². The van der Waals surface area contributed by atoms with E-state index in [0.29, 0.717) is 86.7 Å². The van der Waals surface area contributed by atoms with E-state index >= 15 is 8.78 Å². The second-order valence-corrected chi connectivity index (χ2v) is 22.0. The minimum absolute atomic E-state index is 0.0575. The number of carbonyl (C=O) groups is 3. The molecule has 0 saturated carbocycles. The Morgan fingerprint density at radius 3 is 1.83 bits per heavy atom. The summed E-state index contributed by atoms with van der Waals surface area (Å²) in [6.07, 6.45) is 4.09. The number of rotatable bonds is 16. The van der Waals surface area contributed by atoms with Crippen LogP contribution < -0.4 is 20.4 Å². The normalized spacial score (nSPS) is 21.7. The van der Waals surface area contributed by atoms with Crippen molar-refractivity contribution in [1.29, 1.82) is 0 Å². The summed E-state index contributed by atoms with van der Waals surface area (Å²) in [7, 11) is 2.74. The lowest BCUT2D eigenvalue weighted by atomic mass is 9.89. The number of hydrogen-bond donors (Lipinski definition) is 5. The maximum absolute atomic E-state index is 16.9. The monoisotopic (exact) mass is 1060 g/mol. The third-order valence-electron chi connectivity index (χ3n) is 16.5. The number of ether oxygens (including phenoxy) is 2. The maximum Gasteiger partial charge on any atom is 0.407 e. The first-order valence-electron chi connectivity index (χ1n) is 27.2. The van der Waals surface area contributed by atoms with Gasteiger partial charge in [-0.2, -0.15) is 0 Å². The van der Waals surface area contributed by atoms with Gasteiger partial charge in [-0.3, -0.25) is 14.5 Å². The van der Waals surface area contributed by atoms with Crippen LogP contribution in [0.4, 0.5) is 29.3 Å². The molecule has 4 aliphatic heterocycles. The van der Waals surface area contributed by atoms with E-state index in [1.165, 1.54) is 38.5 Å². The summed E-state index contributed by atoms with van der Waals surface area (Å²) in [5.74, 6) is -0.874. The van der Waals surface area contributed by atoms with Crippen molar-refractivity contribution in [3.63, 3.8) is 0 Å². The molecular weight excluding hydrogens is 990 g/mol. The Labute approximate surface area is 447 Å². The number of aliphatic hydroxyl groups excluding tert-OH is 1. The SMILES string of the molecule is COCC(=O)N[C@H](C(=O)N1CCC[C@H]1c1nc2cc([C@H]3CC[C@H](c4ccc5[nH]c([C@@H]6CCCN6C(O)[C@@H](NC(=O)OC)C(C)C)nc5c4)N3c3cc(F)c(N4CCC(c5ccc(F)cc5)CC4)c(F)c3)ccc2[nH]1)C(C)C. The van der Waals surface area contributed by atoms with Crippen LogP contribution in [0.2, 0.25) is 0 Å². The molecule has 10 rings (SSSR count). The molecule has 3 amide bonds. The second kappa shape index (κ2) is 22.7. The summed E-state index contributed by atoms with van der Waals surface area (Å²) in [5.41, 5.74) is 6.20. The van der Waals surface area contributed by atoms with Crippen molar-refractivity contribution < 1.29 is 42.1 Å². The summed E-state index contributed by atoms with van der Waals surface area (Å²) in [6, 6.07) is 19.0. The summed E-state index contributed by atoms with van der Waals surface area (Å²) in [6.45, 7) is 9.55. The zero-order valence-corrected chi connectivity index (χ0v) is 44.7. The van der Waals surface area contributed by atoms with Gasteiger partial charge in [-0.1, -0.05) is 52.0 Å². The summed E-state index contributed by atoms with van der Waals surface area (Å²) >= 11 is 0. The number of amides is 3. The number of carbonyl (C=O) groups excluding carboxylic acids is 3. The number of benzene rings is 4. The summed E-state index contributed by atoms with van der Waals surface area (Å²) < 4.78 is 57.3. The second-order valence-electron chi connectivity index (χ2n) is 22.0. The predicted molar refractivity (Wildman–Crippen MR) is 288 cm³/mol. The Morgan fingerprint density at radius 2 is 1.26 bits per heavy atom. The maximum atomic E-state index is 16.9. The number of nitrogens with one attached hydrogen (secondary N) is 4. The van der Waals surface area contributed by atoms with Crippen LogP contribution in [0.5, 0.6) is 0 Å². The molecule has 0 radical (unpaired) electrons. The van der Waals surface area contributed by atoms with E-state index in [2.05, 4.69) is 25.5 Å². The van der Waals surface area contributed by atoms with Gasteiger partial charge in [0.15, 0.2) is 11.6 Å². The van der Waals surface area contributed by atoms with Crippen LogP contribution in [0.25, 0.3) is 22.1 Å². The Kier molecular flexibility index (Phi) is 15.8. The fourth-order valence-electron chi connectivity index (χ4n) is 12.6. The molecule has 4 saturated heterocycles. The standard InChI is InChI=1S/C58H71F3N10O6/c1-32(2)51(66-50(72)31-76-5)56(73)69-23-7-9-48(69)54-62-42-17-13-36(27-44(42)64-54)46-19-20-47(71(46)39-29-40(60)53(41(61)30-39)68-25-21-35(22-26-68)34-11-15-38(59)16-12-34)37-14-18-43-45(28-37)65-55(63-43)49-10-8-24-70(49)57(74)52(33(3)4)67-58(75)77-6/h11-18,27-30,32-33,35,46-49,51-52,57,74H,7-10,19-26,31H2,1-6H3,(H,62,64)(H,63,65)(H,66,72)(H,67,75)/t46-,47-,48+,49+,51+,52+,57?/m1/s1. The van der Waals surface area contributed by atoms with Gasteiger partial charge in [0.2, 0.25) is 11.8 Å². The number of piperidine rings is 1. The van der Waals surface area contributed by atoms with Gasteiger partial charge in [0, 0.05) is 39.0 Å². The average Bonchev–Trinajstić information content (AvgIpc) is 4.28. The van der Waals surface area contributed by atoms with Crippen molar-refractivity contribution in [2.45, 2.75) is 127 Å². The number of methoxy groups -OCH3 is 2. The van der Waals surface area contributed by atoms with Crippen LogP contribution in [0.3, 0.4) is 0 Å². The molecule has 2 aromatic heterocycles. The molecule has 16 nitrogen and oxygen atoms in total. The predicted octanol–water partition coefficient (Wildman–Crippen LogP) is 9.61. The topological polar surface area (TPSA) is 184 Å². The van der Waals surface area contributed by atoms with Gasteiger partial charge in [-0.25, -0.2) is 27.9 Å². The van der Waals surface area contributed by atoms with Crippen LogP contribution in [0.1, 0.15) is 137 Å². The van der Waals surface area contributed by atoms with Crippen molar-refractivity contribution >= 4 is 51.3 Å². The first-order valence-corrected chi connectivity index (χ1v) is 27.2. The van der Waals surface area contributed by atoms with E-state index < -0.39 is 36.0 Å². The average molecular weight is 1060 g/mol. The lowest BCUT2D eigenvalue weighted by Gasteiger charge is -2.36. The van der Waals surface area contributed by atoms with Crippen LogP contribution >= 0.6 is 0 Å². The Hall–Kier alpha value is -6.70. The minimum atomic E-state index is -0.992.